The van der Waals surface area contributed by atoms with Crippen LogP contribution in [0.25, 0.3) is 0 Å². The van der Waals surface area contributed by atoms with E-state index < -0.39 is 46.8 Å². The highest BCUT2D eigenvalue weighted by molar-refractivity contribution is 6.03. The lowest BCUT2D eigenvalue weighted by molar-refractivity contribution is -0.122. The number of amides is 2. The smallest absolute Gasteiger partial charge is 0.228 e. The molecule has 2 aromatic carbocycles. The van der Waals surface area contributed by atoms with Crippen molar-refractivity contribution < 1.29 is 27.6 Å². The molecule has 0 radical (unpaired) electrons. The normalized spacial score (nSPS) is 17.9. The zero-order chi connectivity index (χ0) is 19.7. The van der Waals surface area contributed by atoms with Gasteiger partial charge in [0.1, 0.15) is 0 Å². The third-order valence-corrected chi connectivity index (χ3v) is 4.32. The van der Waals surface area contributed by atoms with E-state index in [0.717, 1.165) is 6.07 Å². The number of halogens is 3. The molecule has 2 unspecified atom stereocenters. The topological polar surface area (TPSA) is 75.3 Å². The monoisotopic (exact) mass is 376 g/mol. The fourth-order valence-corrected chi connectivity index (χ4v) is 2.65. The van der Waals surface area contributed by atoms with E-state index >= 15 is 0 Å². The lowest BCUT2D eigenvalue weighted by Gasteiger charge is -2.08. The second-order valence-electron chi connectivity index (χ2n) is 6.28. The standard InChI is InChI=1S/C19H15F3N2O3/c1-9(25)10-2-4-11(5-3-10)23-18(26)12-8-13(12)19(27)24-15-7-6-14(20)16(21)17(15)22/h2-7,12-13H,8H2,1H3,(H,23,26)(H,24,27). The first-order valence-corrected chi connectivity index (χ1v) is 8.14. The van der Waals surface area contributed by atoms with Crippen molar-refractivity contribution in [3.63, 3.8) is 0 Å². The number of rotatable bonds is 5. The Balaban J connectivity index is 1.58. The number of carbonyl (C=O) groups is 3. The van der Waals surface area contributed by atoms with Crippen molar-refractivity contribution >= 4 is 29.0 Å². The minimum atomic E-state index is -1.67. The number of Topliss-reactive ketones (excluding diaryl/α,β-unsaturated/α-hetero) is 1. The Morgan fingerprint density at radius 3 is 2.04 bits per heavy atom. The molecule has 0 aromatic heterocycles. The van der Waals surface area contributed by atoms with E-state index in [4.69, 9.17) is 0 Å². The van der Waals surface area contributed by atoms with Gasteiger partial charge in [0.15, 0.2) is 23.2 Å². The first kappa shape index (κ1) is 18.6. The van der Waals surface area contributed by atoms with E-state index in [1.807, 2.05) is 0 Å². The van der Waals surface area contributed by atoms with Gasteiger partial charge in [-0.1, -0.05) is 0 Å². The predicted molar refractivity (Wildman–Crippen MR) is 91.6 cm³/mol. The van der Waals surface area contributed by atoms with Gasteiger partial charge in [-0.3, -0.25) is 14.4 Å². The Labute approximate surface area is 152 Å². The van der Waals surface area contributed by atoms with E-state index in [-0.39, 0.29) is 12.2 Å². The highest BCUT2D eigenvalue weighted by Gasteiger charge is 2.48. The van der Waals surface area contributed by atoms with E-state index in [2.05, 4.69) is 10.6 Å². The molecule has 2 aromatic rings. The van der Waals surface area contributed by atoms with Crippen molar-refractivity contribution in [3.8, 4) is 0 Å². The lowest BCUT2D eigenvalue weighted by Crippen LogP contribution is -2.21. The molecular formula is C19H15F3N2O3. The fraction of sp³-hybridized carbons (Fsp3) is 0.211. The fourth-order valence-electron chi connectivity index (χ4n) is 2.65. The van der Waals surface area contributed by atoms with Gasteiger partial charge in [-0.25, -0.2) is 13.2 Å². The van der Waals surface area contributed by atoms with Crippen LogP contribution in [-0.4, -0.2) is 17.6 Å². The molecule has 0 aliphatic heterocycles. The van der Waals surface area contributed by atoms with Gasteiger partial charge in [0, 0.05) is 11.3 Å². The number of benzene rings is 2. The lowest BCUT2D eigenvalue weighted by atomic mass is 10.1. The molecule has 5 nitrogen and oxygen atoms in total. The van der Waals surface area contributed by atoms with Crippen LogP contribution >= 0.6 is 0 Å². The molecule has 8 heteroatoms. The van der Waals surface area contributed by atoms with Crippen molar-refractivity contribution in [3.05, 3.63) is 59.4 Å². The third kappa shape index (κ3) is 3.99. The van der Waals surface area contributed by atoms with Crippen LogP contribution in [0, 0.1) is 29.3 Å². The maximum absolute atomic E-state index is 13.6. The van der Waals surface area contributed by atoms with Gasteiger partial charge in [0.25, 0.3) is 0 Å². The molecule has 1 saturated carbocycles. The van der Waals surface area contributed by atoms with Crippen molar-refractivity contribution in [1.29, 1.82) is 0 Å². The van der Waals surface area contributed by atoms with E-state index in [9.17, 15) is 27.6 Å². The van der Waals surface area contributed by atoms with Crippen molar-refractivity contribution in [1.82, 2.24) is 0 Å². The first-order chi connectivity index (χ1) is 12.8. The summed E-state index contributed by atoms with van der Waals surface area (Å²) in [5.41, 5.74) is 0.498. The quantitative estimate of drug-likeness (QED) is 0.619. The number of carbonyl (C=O) groups excluding carboxylic acids is 3. The van der Waals surface area contributed by atoms with Crippen LogP contribution < -0.4 is 10.6 Å². The molecule has 0 bridgehead atoms. The summed E-state index contributed by atoms with van der Waals surface area (Å²) in [6, 6.07) is 7.91. The molecule has 2 atom stereocenters. The summed E-state index contributed by atoms with van der Waals surface area (Å²) in [7, 11) is 0. The summed E-state index contributed by atoms with van der Waals surface area (Å²) < 4.78 is 39.7. The second kappa shape index (κ2) is 7.22. The molecule has 1 aliphatic carbocycles. The van der Waals surface area contributed by atoms with Crippen LogP contribution in [0.2, 0.25) is 0 Å². The van der Waals surface area contributed by atoms with Crippen LogP contribution in [-0.2, 0) is 9.59 Å². The van der Waals surface area contributed by atoms with Gasteiger partial charge < -0.3 is 10.6 Å². The molecule has 1 fully saturated rings. The Bertz CT molecular complexity index is 929. The number of anilines is 2. The van der Waals surface area contributed by atoms with Gasteiger partial charge >= 0.3 is 0 Å². The average molecular weight is 376 g/mol. The zero-order valence-corrected chi connectivity index (χ0v) is 14.2. The Kier molecular flexibility index (Phi) is 4.98. The SMILES string of the molecule is CC(=O)c1ccc(NC(=O)C2CC2C(=O)Nc2ccc(F)c(F)c2F)cc1. The van der Waals surface area contributed by atoms with Crippen LogP contribution in [0.15, 0.2) is 36.4 Å². The van der Waals surface area contributed by atoms with Crippen LogP contribution in [0.4, 0.5) is 24.5 Å². The Morgan fingerprint density at radius 2 is 1.44 bits per heavy atom. The Morgan fingerprint density at radius 1 is 0.852 bits per heavy atom. The van der Waals surface area contributed by atoms with E-state index in [1.165, 1.54) is 6.92 Å². The molecule has 0 heterocycles. The molecule has 2 N–H and O–H groups in total. The first-order valence-electron chi connectivity index (χ1n) is 8.14. The number of nitrogens with one attached hydrogen (secondary N) is 2. The number of hydrogen-bond donors (Lipinski definition) is 2. The minimum Gasteiger partial charge on any atom is -0.326 e. The molecule has 140 valence electrons. The zero-order valence-electron chi connectivity index (χ0n) is 14.2. The molecule has 0 spiro atoms. The molecule has 3 rings (SSSR count). The number of hydrogen-bond acceptors (Lipinski definition) is 3. The minimum absolute atomic E-state index is 0.101. The van der Waals surface area contributed by atoms with E-state index in [0.29, 0.717) is 17.3 Å². The summed E-state index contributed by atoms with van der Waals surface area (Å²) in [6.45, 7) is 1.43. The van der Waals surface area contributed by atoms with Crippen molar-refractivity contribution in [2.75, 3.05) is 10.6 Å². The van der Waals surface area contributed by atoms with E-state index in [1.54, 1.807) is 24.3 Å². The number of ketones is 1. The molecule has 0 saturated heterocycles. The van der Waals surface area contributed by atoms with Crippen LogP contribution in [0.1, 0.15) is 23.7 Å². The highest BCUT2D eigenvalue weighted by atomic mass is 19.2. The highest BCUT2D eigenvalue weighted by Crippen LogP contribution is 2.40. The van der Waals surface area contributed by atoms with Gasteiger partial charge in [0.05, 0.1) is 17.5 Å². The van der Waals surface area contributed by atoms with Gasteiger partial charge in [-0.05, 0) is 49.7 Å². The summed E-state index contributed by atoms with van der Waals surface area (Å²) in [5, 5.41) is 4.80. The maximum atomic E-state index is 13.6. The van der Waals surface area contributed by atoms with Crippen LogP contribution in [0.5, 0.6) is 0 Å². The van der Waals surface area contributed by atoms with Crippen molar-refractivity contribution in [2.45, 2.75) is 13.3 Å². The summed E-state index contributed by atoms with van der Waals surface area (Å²) in [4.78, 5) is 35.5. The molecule has 1 aliphatic rings. The molecule has 2 amide bonds. The predicted octanol–water partition coefficient (Wildman–Crippen LogP) is 3.52. The van der Waals surface area contributed by atoms with Crippen LogP contribution in [0.3, 0.4) is 0 Å². The Hall–Kier alpha value is -3.16. The summed E-state index contributed by atoms with van der Waals surface area (Å²) >= 11 is 0. The summed E-state index contributed by atoms with van der Waals surface area (Å²) in [6.07, 6.45) is 0.258. The molecular weight excluding hydrogens is 361 g/mol. The molecule has 27 heavy (non-hydrogen) atoms. The largest absolute Gasteiger partial charge is 0.326 e. The second-order valence-corrected chi connectivity index (χ2v) is 6.28. The van der Waals surface area contributed by atoms with Gasteiger partial charge in [-0.15, -0.1) is 0 Å². The summed E-state index contributed by atoms with van der Waals surface area (Å²) in [5.74, 6) is -6.95. The van der Waals surface area contributed by atoms with Crippen molar-refractivity contribution in [2.24, 2.45) is 11.8 Å². The third-order valence-electron chi connectivity index (χ3n) is 4.32. The van der Waals surface area contributed by atoms with Gasteiger partial charge in [0.2, 0.25) is 11.8 Å². The average Bonchev–Trinajstić information content (AvgIpc) is 3.43. The maximum Gasteiger partial charge on any atom is 0.228 e. The van der Waals surface area contributed by atoms with Gasteiger partial charge in [-0.2, -0.15) is 0 Å².